The highest BCUT2D eigenvalue weighted by Crippen LogP contribution is 2.30. The van der Waals surface area contributed by atoms with E-state index >= 15 is 0 Å². The number of benzene rings is 2. The SMILES string of the molecule is CCN(C)/C=N/c1ccc(C(=O)OC(c2ccc(C)cc2)C(C)C)c(C)c1C. The van der Waals surface area contributed by atoms with Crippen molar-refractivity contribution in [3.63, 3.8) is 0 Å². The molecule has 2 rings (SSSR count). The minimum Gasteiger partial charge on any atom is -0.454 e. The number of hydrogen-bond donors (Lipinski definition) is 0. The zero-order valence-corrected chi connectivity index (χ0v) is 18.1. The van der Waals surface area contributed by atoms with Crippen molar-refractivity contribution in [1.29, 1.82) is 0 Å². The maximum absolute atomic E-state index is 12.9. The number of nitrogens with zero attached hydrogens (tertiary/aromatic N) is 2. The van der Waals surface area contributed by atoms with Crippen molar-refractivity contribution in [3.8, 4) is 0 Å². The average molecular weight is 381 g/mol. The summed E-state index contributed by atoms with van der Waals surface area (Å²) < 4.78 is 5.93. The maximum Gasteiger partial charge on any atom is 0.339 e. The Balaban J connectivity index is 2.26. The molecule has 0 heterocycles. The van der Waals surface area contributed by atoms with E-state index in [1.807, 2.05) is 68.5 Å². The number of rotatable bonds is 7. The Morgan fingerprint density at radius 2 is 1.71 bits per heavy atom. The Bertz CT molecular complexity index is 838. The number of aliphatic imine (C=N–C) groups is 1. The molecule has 0 aliphatic rings. The first-order valence-electron chi connectivity index (χ1n) is 9.86. The van der Waals surface area contributed by atoms with Gasteiger partial charge in [0.1, 0.15) is 6.10 Å². The van der Waals surface area contributed by atoms with Gasteiger partial charge in [-0.1, -0.05) is 43.7 Å². The van der Waals surface area contributed by atoms with E-state index in [4.69, 9.17) is 4.74 Å². The molecular formula is C24H32N2O2. The van der Waals surface area contributed by atoms with Gasteiger partial charge in [-0.05, 0) is 62.4 Å². The molecule has 0 saturated carbocycles. The summed E-state index contributed by atoms with van der Waals surface area (Å²) in [6.45, 7) is 13.1. The van der Waals surface area contributed by atoms with E-state index in [0.717, 1.165) is 28.9 Å². The lowest BCUT2D eigenvalue weighted by Gasteiger charge is -2.23. The molecule has 150 valence electrons. The third-order valence-corrected chi connectivity index (χ3v) is 5.12. The number of aryl methyl sites for hydroxylation is 1. The van der Waals surface area contributed by atoms with Crippen LogP contribution in [0.25, 0.3) is 0 Å². The summed E-state index contributed by atoms with van der Waals surface area (Å²) in [6, 6.07) is 11.9. The lowest BCUT2D eigenvalue weighted by Crippen LogP contribution is -2.17. The van der Waals surface area contributed by atoms with Crippen LogP contribution in [0.5, 0.6) is 0 Å². The van der Waals surface area contributed by atoms with E-state index < -0.39 is 0 Å². The van der Waals surface area contributed by atoms with Crippen LogP contribution in [0.2, 0.25) is 0 Å². The third-order valence-electron chi connectivity index (χ3n) is 5.12. The highest BCUT2D eigenvalue weighted by molar-refractivity contribution is 5.92. The van der Waals surface area contributed by atoms with Gasteiger partial charge in [0.05, 0.1) is 17.6 Å². The average Bonchev–Trinajstić information content (AvgIpc) is 2.67. The van der Waals surface area contributed by atoms with E-state index in [9.17, 15) is 4.79 Å². The summed E-state index contributed by atoms with van der Waals surface area (Å²) in [4.78, 5) is 19.5. The minimum absolute atomic E-state index is 0.182. The predicted octanol–water partition coefficient (Wildman–Crippen LogP) is 5.78. The van der Waals surface area contributed by atoms with Crippen LogP contribution in [0, 0.1) is 26.7 Å². The lowest BCUT2D eigenvalue weighted by molar-refractivity contribution is 0.0175. The highest BCUT2D eigenvalue weighted by atomic mass is 16.5. The zero-order chi connectivity index (χ0) is 20.8. The third kappa shape index (κ3) is 5.22. The molecular weight excluding hydrogens is 348 g/mol. The first-order valence-corrected chi connectivity index (χ1v) is 9.86. The summed E-state index contributed by atoms with van der Waals surface area (Å²) in [5.41, 5.74) is 5.57. The van der Waals surface area contributed by atoms with Crippen molar-refractivity contribution in [2.24, 2.45) is 10.9 Å². The fourth-order valence-corrected chi connectivity index (χ4v) is 2.93. The van der Waals surface area contributed by atoms with Gasteiger partial charge in [0.15, 0.2) is 0 Å². The second kappa shape index (κ2) is 9.54. The van der Waals surface area contributed by atoms with Gasteiger partial charge in [0.25, 0.3) is 0 Å². The van der Waals surface area contributed by atoms with Gasteiger partial charge in [-0.25, -0.2) is 9.79 Å². The summed E-state index contributed by atoms with van der Waals surface area (Å²) in [5, 5.41) is 0. The van der Waals surface area contributed by atoms with E-state index in [1.54, 1.807) is 0 Å². The van der Waals surface area contributed by atoms with Gasteiger partial charge in [-0.15, -0.1) is 0 Å². The fraction of sp³-hybridized carbons (Fsp3) is 0.417. The van der Waals surface area contributed by atoms with Crippen LogP contribution < -0.4 is 0 Å². The van der Waals surface area contributed by atoms with Gasteiger partial charge in [0, 0.05) is 13.6 Å². The van der Waals surface area contributed by atoms with Crippen LogP contribution in [-0.4, -0.2) is 30.8 Å². The molecule has 0 aliphatic heterocycles. The quantitative estimate of drug-likeness (QED) is 0.347. The standard InChI is InChI=1S/C24H32N2O2/c1-8-26(7)15-25-22-14-13-21(18(5)19(22)6)24(27)28-23(16(2)3)20-11-9-17(4)10-12-20/h9-16,23H,8H2,1-7H3/b25-15+. The van der Waals surface area contributed by atoms with Crippen LogP contribution in [0.3, 0.4) is 0 Å². The summed E-state index contributed by atoms with van der Waals surface area (Å²) in [7, 11) is 1.98. The first kappa shape index (κ1) is 21.7. The second-order valence-corrected chi connectivity index (χ2v) is 7.68. The Hall–Kier alpha value is -2.62. The predicted molar refractivity (Wildman–Crippen MR) is 117 cm³/mol. The summed E-state index contributed by atoms with van der Waals surface area (Å²) in [6.07, 6.45) is 1.54. The zero-order valence-electron chi connectivity index (χ0n) is 18.1. The molecule has 0 bridgehead atoms. The molecule has 28 heavy (non-hydrogen) atoms. The molecule has 2 aromatic rings. The number of hydrogen-bond acceptors (Lipinski definition) is 3. The molecule has 0 N–H and O–H groups in total. The summed E-state index contributed by atoms with van der Waals surface area (Å²) >= 11 is 0. The van der Waals surface area contributed by atoms with Crippen molar-refractivity contribution in [3.05, 3.63) is 64.2 Å². The molecule has 1 unspecified atom stereocenters. The Labute approximate surface area is 169 Å². The van der Waals surface area contributed by atoms with Gasteiger partial charge >= 0.3 is 5.97 Å². The molecule has 0 spiro atoms. The van der Waals surface area contributed by atoms with Crippen molar-refractivity contribution in [2.75, 3.05) is 13.6 Å². The van der Waals surface area contributed by atoms with Crippen molar-refractivity contribution in [2.45, 2.75) is 47.6 Å². The van der Waals surface area contributed by atoms with Crippen LogP contribution in [0.15, 0.2) is 41.4 Å². The highest BCUT2D eigenvalue weighted by Gasteiger charge is 2.23. The monoisotopic (exact) mass is 380 g/mol. The first-order chi connectivity index (χ1) is 13.2. The van der Waals surface area contributed by atoms with Gasteiger partial charge in [-0.2, -0.15) is 0 Å². The molecule has 4 heteroatoms. The van der Waals surface area contributed by atoms with Gasteiger partial charge in [-0.3, -0.25) is 0 Å². The summed E-state index contributed by atoms with van der Waals surface area (Å²) in [5.74, 6) is -0.109. The smallest absolute Gasteiger partial charge is 0.339 e. The molecule has 0 radical (unpaired) electrons. The Morgan fingerprint density at radius 1 is 1.07 bits per heavy atom. The number of carbonyl (C=O) groups is 1. The van der Waals surface area contributed by atoms with Gasteiger partial charge in [0.2, 0.25) is 0 Å². The molecule has 0 aromatic heterocycles. The number of ether oxygens (including phenoxy) is 1. The topological polar surface area (TPSA) is 41.9 Å². The molecule has 1 atom stereocenters. The molecule has 0 amide bonds. The lowest BCUT2D eigenvalue weighted by atomic mass is 9.97. The van der Waals surface area contributed by atoms with Crippen LogP contribution in [0.1, 0.15) is 59.5 Å². The Kier molecular flexibility index (Phi) is 7.38. The molecule has 0 fully saturated rings. The van der Waals surface area contributed by atoms with Crippen molar-refractivity contribution in [1.82, 2.24) is 4.90 Å². The molecule has 0 aliphatic carbocycles. The van der Waals surface area contributed by atoms with Gasteiger partial charge < -0.3 is 9.64 Å². The Morgan fingerprint density at radius 3 is 2.29 bits per heavy atom. The van der Waals surface area contributed by atoms with E-state index in [0.29, 0.717) is 5.56 Å². The van der Waals surface area contributed by atoms with E-state index in [-0.39, 0.29) is 18.0 Å². The largest absolute Gasteiger partial charge is 0.454 e. The molecule has 4 nitrogen and oxygen atoms in total. The maximum atomic E-state index is 12.9. The van der Waals surface area contributed by atoms with E-state index in [1.165, 1.54) is 5.56 Å². The van der Waals surface area contributed by atoms with E-state index in [2.05, 4.69) is 32.7 Å². The second-order valence-electron chi connectivity index (χ2n) is 7.68. The molecule has 0 saturated heterocycles. The van der Waals surface area contributed by atoms with Crippen LogP contribution in [0.4, 0.5) is 5.69 Å². The number of carbonyl (C=O) groups excluding carboxylic acids is 1. The van der Waals surface area contributed by atoms with Crippen molar-refractivity contribution >= 4 is 18.0 Å². The fourth-order valence-electron chi connectivity index (χ4n) is 2.93. The van der Waals surface area contributed by atoms with Crippen LogP contribution in [-0.2, 0) is 4.74 Å². The van der Waals surface area contributed by atoms with Crippen molar-refractivity contribution < 1.29 is 9.53 Å². The number of esters is 1. The minimum atomic E-state index is -0.291. The van der Waals surface area contributed by atoms with Crippen LogP contribution >= 0.6 is 0 Å². The molecule has 2 aromatic carbocycles. The normalized spacial score (nSPS) is 12.4.